The van der Waals surface area contributed by atoms with Crippen molar-refractivity contribution in [3.05, 3.63) is 52.1 Å². The van der Waals surface area contributed by atoms with E-state index in [9.17, 15) is 4.79 Å². The summed E-state index contributed by atoms with van der Waals surface area (Å²) in [6.45, 7) is 0. The van der Waals surface area contributed by atoms with Crippen molar-refractivity contribution in [2.24, 2.45) is 0 Å². The smallest absolute Gasteiger partial charge is 0.171 e. The Morgan fingerprint density at radius 1 is 1.26 bits per heavy atom. The van der Waals surface area contributed by atoms with Crippen LogP contribution in [0.5, 0.6) is 0 Å². The topological polar surface area (TPSA) is 45.8 Å². The number of carbonyl (C=O) groups is 1. The van der Waals surface area contributed by atoms with Gasteiger partial charge >= 0.3 is 0 Å². The van der Waals surface area contributed by atoms with Gasteiger partial charge in [-0.25, -0.2) is 4.98 Å². The van der Waals surface area contributed by atoms with E-state index in [0.717, 1.165) is 24.4 Å². The van der Waals surface area contributed by atoms with E-state index < -0.39 is 0 Å². The molecule has 2 aromatic rings. The lowest BCUT2D eigenvalue weighted by Crippen LogP contribution is -2.05. The zero-order chi connectivity index (χ0) is 13.2. The van der Waals surface area contributed by atoms with Crippen LogP contribution in [0.1, 0.15) is 40.4 Å². The zero-order valence-electron chi connectivity index (χ0n) is 10.6. The standard InChI is InChI=1S/C15H15ClN2O/c16-11-6-2-1-5-10(11)14(19)9-15-17-12-7-3-4-8-13(12)18-15/h1-2,5-6H,3-4,7-9H2,(H,17,18). The summed E-state index contributed by atoms with van der Waals surface area (Å²) in [4.78, 5) is 20.0. The average molecular weight is 275 g/mol. The molecule has 98 valence electrons. The highest BCUT2D eigenvalue weighted by Gasteiger charge is 2.17. The van der Waals surface area contributed by atoms with Crippen molar-refractivity contribution in [2.75, 3.05) is 0 Å². The highest BCUT2D eigenvalue weighted by Crippen LogP contribution is 2.20. The number of nitrogens with zero attached hydrogens (tertiary/aromatic N) is 1. The van der Waals surface area contributed by atoms with Crippen LogP contribution in [0.2, 0.25) is 5.02 Å². The lowest BCUT2D eigenvalue weighted by molar-refractivity contribution is 0.0991. The molecule has 0 saturated heterocycles. The maximum atomic E-state index is 12.2. The molecule has 3 nitrogen and oxygen atoms in total. The van der Waals surface area contributed by atoms with Gasteiger partial charge in [0, 0.05) is 11.3 Å². The number of Topliss-reactive ketones (excluding diaryl/α,β-unsaturated/α-hetero) is 1. The first-order valence-electron chi connectivity index (χ1n) is 6.58. The van der Waals surface area contributed by atoms with E-state index >= 15 is 0 Å². The molecule has 0 atom stereocenters. The van der Waals surface area contributed by atoms with Gasteiger partial charge in [0.1, 0.15) is 5.82 Å². The summed E-state index contributed by atoms with van der Waals surface area (Å²) in [5, 5.41) is 0.504. The number of rotatable bonds is 3. The quantitative estimate of drug-likeness (QED) is 0.872. The van der Waals surface area contributed by atoms with E-state index in [4.69, 9.17) is 11.6 Å². The minimum absolute atomic E-state index is 0.0108. The van der Waals surface area contributed by atoms with Gasteiger partial charge < -0.3 is 4.98 Å². The van der Waals surface area contributed by atoms with Crippen LogP contribution in [0.15, 0.2) is 24.3 Å². The molecule has 19 heavy (non-hydrogen) atoms. The molecule has 1 heterocycles. The third kappa shape index (κ3) is 2.56. The van der Waals surface area contributed by atoms with Crippen molar-refractivity contribution in [3.8, 4) is 0 Å². The largest absolute Gasteiger partial charge is 0.345 e. The molecule has 3 rings (SSSR count). The van der Waals surface area contributed by atoms with Crippen LogP contribution >= 0.6 is 11.6 Å². The number of carbonyl (C=O) groups excluding carboxylic acids is 1. The molecule has 1 aromatic carbocycles. The molecular weight excluding hydrogens is 260 g/mol. The van der Waals surface area contributed by atoms with E-state index in [1.807, 2.05) is 12.1 Å². The van der Waals surface area contributed by atoms with Gasteiger partial charge in [-0.15, -0.1) is 0 Å². The SMILES string of the molecule is O=C(Cc1nc2c([nH]1)CCCC2)c1ccccc1Cl. The zero-order valence-corrected chi connectivity index (χ0v) is 11.3. The van der Waals surface area contributed by atoms with Crippen LogP contribution in [0.25, 0.3) is 0 Å². The number of imidazole rings is 1. The average Bonchev–Trinajstić information content (AvgIpc) is 2.81. The Labute approximate surface area is 117 Å². The third-order valence-corrected chi connectivity index (χ3v) is 3.84. The molecule has 0 fully saturated rings. The molecule has 0 unspecified atom stereocenters. The minimum Gasteiger partial charge on any atom is -0.345 e. The molecule has 1 aliphatic carbocycles. The van der Waals surface area contributed by atoms with Crippen LogP contribution < -0.4 is 0 Å². The highest BCUT2D eigenvalue weighted by molar-refractivity contribution is 6.34. The molecule has 0 bridgehead atoms. The van der Waals surface area contributed by atoms with E-state index in [-0.39, 0.29) is 12.2 Å². The molecule has 0 spiro atoms. The second-order valence-corrected chi connectivity index (χ2v) is 5.30. The summed E-state index contributed by atoms with van der Waals surface area (Å²) in [5.41, 5.74) is 2.90. The number of ketones is 1. The van der Waals surface area contributed by atoms with Crippen molar-refractivity contribution in [1.82, 2.24) is 9.97 Å². The summed E-state index contributed by atoms with van der Waals surface area (Å²) in [7, 11) is 0. The van der Waals surface area contributed by atoms with Gasteiger partial charge in [0.25, 0.3) is 0 Å². The van der Waals surface area contributed by atoms with E-state index in [1.54, 1.807) is 12.1 Å². The Balaban J connectivity index is 1.80. The fourth-order valence-corrected chi connectivity index (χ4v) is 2.77. The maximum Gasteiger partial charge on any atom is 0.171 e. The molecular formula is C15H15ClN2O. The number of nitrogens with one attached hydrogen (secondary N) is 1. The predicted molar refractivity (Wildman–Crippen MR) is 74.7 cm³/mol. The maximum absolute atomic E-state index is 12.2. The summed E-state index contributed by atoms with van der Waals surface area (Å²) in [6.07, 6.45) is 4.74. The van der Waals surface area contributed by atoms with Crippen molar-refractivity contribution in [2.45, 2.75) is 32.1 Å². The summed E-state index contributed by atoms with van der Waals surface area (Å²) < 4.78 is 0. The number of aromatic amines is 1. The second-order valence-electron chi connectivity index (χ2n) is 4.90. The van der Waals surface area contributed by atoms with Crippen molar-refractivity contribution in [3.63, 3.8) is 0 Å². The Hall–Kier alpha value is -1.61. The van der Waals surface area contributed by atoms with Crippen molar-refractivity contribution < 1.29 is 4.79 Å². The number of benzene rings is 1. The van der Waals surface area contributed by atoms with Crippen LogP contribution in [0, 0.1) is 0 Å². The lowest BCUT2D eigenvalue weighted by Gasteiger charge is -2.07. The minimum atomic E-state index is 0.0108. The third-order valence-electron chi connectivity index (χ3n) is 3.51. The molecule has 0 aliphatic heterocycles. The Bertz CT molecular complexity index is 595. The summed E-state index contributed by atoms with van der Waals surface area (Å²) in [6, 6.07) is 7.15. The number of hydrogen-bond donors (Lipinski definition) is 1. The molecule has 0 saturated carbocycles. The lowest BCUT2D eigenvalue weighted by atomic mass is 10.0. The molecule has 0 radical (unpaired) electrons. The highest BCUT2D eigenvalue weighted by atomic mass is 35.5. The monoisotopic (exact) mass is 274 g/mol. The summed E-state index contributed by atoms with van der Waals surface area (Å²) in [5.74, 6) is 0.772. The van der Waals surface area contributed by atoms with Gasteiger partial charge in [0.05, 0.1) is 17.1 Å². The van der Waals surface area contributed by atoms with Crippen LogP contribution in [-0.2, 0) is 19.3 Å². The fourth-order valence-electron chi connectivity index (χ4n) is 2.53. The van der Waals surface area contributed by atoms with Crippen LogP contribution in [0.3, 0.4) is 0 Å². The van der Waals surface area contributed by atoms with Gasteiger partial charge in [0.15, 0.2) is 5.78 Å². The van der Waals surface area contributed by atoms with Gasteiger partial charge in [-0.2, -0.15) is 0 Å². The van der Waals surface area contributed by atoms with Gasteiger partial charge in [0.2, 0.25) is 0 Å². The number of H-pyrrole nitrogens is 1. The van der Waals surface area contributed by atoms with Crippen molar-refractivity contribution >= 4 is 17.4 Å². The number of aryl methyl sites for hydroxylation is 2. The normalized spacial score (nSPS) is 14.2. The molecule has 0 amide bonds. The molecule has 4 heteroatoms. The van der Waals surface area contributed by atoms with E-state index in [0.29, 0.717) is 10.6 Å². The molecule has 1 aromatic heterocycles. The number of hydrogen-bond acceptors (Lipinski definition) is 2. The Kier molecular flexibility index (Phi) is 3.38. The molecule has 1 aliphatic rings. The van der Waals surface area contributed by atoms with Gasteiger partial charge in [-0.05, 0) is 37.8 Å². The fraction of sp³-hybridized carbons (Fsp3) is 0.333. The van der Waals surface area contributed by atoms with E-state index in [1.165, 1.54) is 18.5 Å². The Morgan fingerprint density at radius 3 is 2.84 bits per heavy atom. The second kappa shape index (κ2) is 5.17. The first-order chi connectivity index (χ1) is 9.24. The van der Waals surface area contributed by atoms with E-state index in [2.05, 4.69) is 9.97 Å². The first-order valence-corrected chi connectivity index (χ1v) is 6.96. The number of halogens is 1. The van der Waals surface area contributed by atoms with Gasteiger partial charge in [-0.1, -0.05) is 23.7 Å². The first kappa shape index (κ1) is 12.4. The summed E-state index contributed by atoms with van der Waals surface area (Å²) >= 11 is 6.03. The van der Waals surface area contributed by atoms with Crippen LogP contribution in [-0.4, -0.2) is 15.8 Å². The van der Waals surface area contributed by atoms with Crippen molar-refractivity contribution in [1.29, 1.82) is 0 Å². The van der Waals surface area contributed by atoms with Crippen LogP contribution in [0.4, 0.5) is 0 Å². The van der Waals surface area contributed by atoms with Gasteiger partial charge in [-0.3, -0.25) is 4.79 Å². The predicted octanol–water partition coefficient (Wildman–Crippen LogP) is 3.37. The number of fused-ring (bicyclic) bond motifs is 1. The molecule has 1 N–H and O–H groups in total. The Morgan fingerprint density at radius 2 is 2.05 bits per heavy atom. The number of aromatic nitrogens is 2.